The summed E-state index contributed by atoms with van der Waals surface area (Å²) in [6.07, 6.45) is 5.50. The molecule has 3 amide bonds. The summed E-state index contributed by atoms with van der Waals surface area (Å²) < 4.78 is 5.63. The van der Waals surface area contributed by atoms with E-state index in [2.05, 4.69) is 11.0 Å². The molecule has 0 bridgehead atoms. The molecule has 2 aliphatic heterocycles. The lowest BCUT2D eigenvalue weighted by Gasteiger charge is -2.35. The van der Waals surface area contributed by atoms with E-state index in [4.69, 9.17) is 4.74 Å². The number of carbonyl (C=O) groups excluding carboxylic acids is 3. The highest BCUT2D eigenvalue weighted by Crippen LogP contribution is 2.44. The number of piperidine rings is 1. The van der Waals surface area contributed by atoms with Crippen molar-refractivity contribution in [3.63, 3.8) is 0 Å². The van der Waals surface area contributed by atoms with E-state index in [1.54, 1.807) is 14.1 Å². The van der Waals surface area contributed by atoms with Gasteiger partial charge < -0.3 is 9.64 Å². The number of nitrogens with zero attached hydrogens (tertiary/aromatic N) is 3. The molecule has 1 aromatic carbocycles. The highest BCUT2D eigenvalue weighted by molar-refractivity contribution is 5.98. The number of carbonyl (C=O) groups is 3. The van der Waals surface area contributed by atoms with Gasteiger partial charge in [0.2, 0.25) is 11.8 Å². The van der Waals surface area contributed by atoms with E-state index in [1.807, 2.05) is 26.0 Å². The predicted molar refractivity (Wildman–Crippen MR) is 126 cm³/mol. The van der Waals surface area contributed by atoms with Crippen LogP contribution in [0, 0.1) is 5.41 Å². The monoisotopic (exact) mass is 455 g/mol. The molecule has 2 fully saturated rings. The molecule has 2 unspecified atom stereocenters. The van der Waals surface area contributed by atoms with Crippen molar-refractivity contribution in [3.05, 3.63) is 29.3 Å². The van der Waals surface area contributed by atoms with Gasteiger partial charge in [0.05, 0.1) is 0 Å². The molecular weight excluding hydrogens is 418 g/mol. The first kappa shape index (κ1) is 23.7. The van der Waals surface area contributed by atoms with Gasteiger partial charge in [-0.1, -0.05) is 26.0 Å². The molecule has 3 aliphatic rings. The zero-order chi connectivity index (χ0) is 23.8. The van der Waals surface area contributed by atoms with Gasteiger partial charge in [-0.25, -0.2) is 4.79 Å². The average Bonchev–Trinajstić information content (AvgIpc) is 3.15. The Morgan fingerprint density at radius 2 is 1.79 bits per heavy atom. The van der Waals surface area contributed by atoms with E-state index in [1.165, 1.54) is 20.9 Å². The number of likely N-dealkylation sites (tertiary alicyclic amines) is 2. The Morgan fingerprint density at radius 1 is 1.09 bits per heavy atom. The summed E-state index contributed by atoms with van der Waals surface area (Å²) >= 11 is 0. The minimum absolute atomic E-state index is 0.0212. The number of amides is 3. The number of hydrogen-bond acceptors (Lipinski definition) is 5. The fourth-order valence-corrected chi connectivity index (χ4v) is 5.76. The summed E-state index contributed by atoms with van der Waals surface area (Å²) in [6.45, 7) is 6.57. The van der Waals surface area contributed by atoms with Crippen molar-refractivity contribution >= 4 is 17.9 Å². The summed E-state index contributed by atoms with van der Waals surface area (Å²) in [6, 6.07) is 6.60. The van der Waals surface area contributed by atoms with Gasteiger partial charge in [-0.2, -0.15) is 0 Å². The molecule has 2 saturated heterocycles. The van der Waals surface area contributed by atoms with Crippen LogP contribution in [-0.4, -0.2) is 72.4 Å². The normalized spacial score (nSPS) is 24.4. The van der Waals surface area contributed by atoms with Crippen molar-refractivity contribution in [1.29, 1.82) is 0 Å². The Kier molecular flexibility index (Phi) is 6.80. The summed E-state index contributed by atoms with van der Waals surface area (Å²) in [5.41, 5.74) is 2.29. The summed E-state index contributed by atoms with van der Waals surface area (Å²) in [5.74, 6) is 1.13. The second kappa shape index (κ2) is 9.45. The van der Waals surface area contributed by atoms with E-state index in [0.29, 0.717) is 37.1 Å². The Balaban J connectivity index is 1.31. The van der Waals surface area contributed by atoms with E-state index < -0.39 is 0 Å². The Morgan fingerprint density at radius 3 is 2.48 bits per heavy atom. The minimum Gasteiger partial charge on any atom is -0.410 e. The molecule has 0 N–H and O–H groups in total. The SMILES string of the molecule is CN(C)C(=O)Oc1cccc2c1CCC1C2CCN1CCCCN1C(=O)CC(C)(C)CC1=O. The lowest BCUT2D eigenvalue weighted by atomic mass is 9.79. The Labute approximate surface area is 197 Å². The maximum Gasteiger partial charge on any atom is 0.414 e. The van der Waals surface area contributed by atoms with Crippen molar-refractivity contribution in [1.82, 2.24) is 14.7 Å². The number of unbranched alkanes of at least 4 members (excludes halogenated alkanes) is 1. The van der Waals surface area contributed by atoms with Crippen LogP contribution in [0.1, 0.15) is 69.4 Å². The quantitative estimate of drug-likeness (QED) is 0.482. The first-order chi connectivity index (χ1) is 15.7. The second-order valence-electron chi connectivity index (χ2n) is 10.8. The molecule has 2 heterocycles. The van der Waals surface area contributed by atoms with Gasteiger partial charge >= 0.3 is 6.09 Å². The van der Waals surface area contributed by atoms with Gasteiger partial charge in [0, 0.05) is 45.4 Å². The van der Waals surface area contributed by atoms with E-state index in [-0.39, 0.29) is 23.3 Å². The molecule has 1 aliphatic carbocycles. The zero-order valence-corrected chi connectivity index (χ0v) is 20.4. The van der Waals surface area contributed by atoms with Crippen LogP contribution in [0.25, 0.3) is 0 Å². The Bertz CT molecular complexity index is 906. The van der Waals surface area contributed by atoms with Crippen LogP contribution >= 0.6 is 0 Å². The van der Waals surface area contributed by atoms with Crippen molar-refractivity contribution in [3.8, 4) is 5.75 Å². The van der Waals surface area contributed by atoms with Crippen LogP contribution in [-0.2, 0) is 16.0 Å². The maximum absolute atomic E-state index is 12.4. The molecule has 7 nitrogen and oxygen atoms in total. The molecule has 4 rings (SSSR count). The molecule has 0 aromatic heterocycles. The van der Waals surface area contributed by atoms with Gasteiger partial charge in [0.1, 0.15) is 5.75 Å². The molecule has 2 atom stereocenters. The van der Waals surface area contributed by atoms with E-state index in [9.17, 15) is 14.4 Å². The van der Waals surface area contributed by atoms with Crippen molar-refractivity contribution < 1.29 is 19.1 Å². The van der Waals surface area contributed by atoms with Crippen molar-refractivity contribution in [2.45, 2.75) is 70.8 Å². The van der Waals surface area contributed by atoms with Crippen LogP contribution in [0.3, 0.4) is 0 Å². The number of imide groups is 1. The number of fused-ring (bicyclic) bond motifs is 3. The lowest BCUT2D eigenvalue weighted by Crippen LogP contribution is -2.46. The zero-order valence-electron chi connectivity index (χ0n) is 20.4. The first-order valence-corrected chi connectivity index (χ1v) is 12.2. The third kappa shape index (κ3) is 5.08. The van der Waals surface area contributed by atoms with Crippen LogP contribution in [0.15, 0.2) is 18.2 Å². The summed E-state index contributed by atoms with van der Waals surface area (Å²) in [4.78, 5) is 42.3. The maximum atomic E-state index is 12.4. The number of hydrogen-bond donors (Lipinski definition) is 0. The molecule has 180 valence electrons. The summed E-state index contributed by atoms with van der Waals surface area (Å²) in [5, 5.41) is 0. The van der Waals surface area contributed by atoms with Crippen molar-refractivity contribution in [2.75, 3.05) is 33.7 Å². The molecule has 0 saturated carbocycles. The van der Waals surface area contributed by atoms with Crippen LogP contribution < -0.4 is 4.74 Å². The van der Waals surface area contributed by atoms with Crippen LogP contribution in [0.5, 0.6) is 5.75 Å². The van der Waals surface area contributed by atoms with Crippen molar-refractivity contribution in [2.24, 2.45) is 5.41 Å². The molecule has 0 radical (unpaired) electrons. The molecule has 33 heavy (non-hydrogen) atoms. The second-order valence-corrected chi connectivity index (χ2v) is 10.8. The molecule has 0 spiro atoms. The van der Waals surface area contributed by atoms with Gasteiger partial charge in [0.15, 0.2) is 0 Å². The van der Waals surface area contributed by atoms with Crippen LogP contribution in [0.4, 0.5) is 4.79 Å². The fourth-order valence-electron chi connectivity index (χ4n) is 5.76. The highest BCUT2D eigenvalue weighted by atomic mass is 16.6. The third-order valence-corrected chi connectivity index (χ3v) is 7.42. The van der Waals surface area contributed by atoms with E-state index in [0.717, 1.165) is 45.2 Å². The minimum atomic E-state index is -0.340. The smallest absolute Gasteiger partial charge is 0.410 e. The lowest BCUT2D eigenvalue weighted by molar-refractivity contribution is -0.152. The standard InChI is InChI=1S/C26H37N3O4/c1-26(2)16-23(30)29(24(31)17-26)14-6-5-13-28-15-12-19-18-8-7-9-22(33-25(32)27(3)4)20(18)10-11-21(19)28/h7-9,19,21H,5-6,10-17H2,1-4H3. The first-order valence-electron chi connectivity index (χ1n) is 12.2. The van der Waals surface area contributed by atoms with Gasteiger partial charge in [-0.15, -0.1) is 0 Å². The third-order valence-electron chi connectivity index (χ3n) is 7.42. The Hall–Kier alpha value is -2.41. The summed E-state index contributed by atoms with van der Waals surface area (Å²) in [7, 11) is 3.39. The highest BCUT2D eigenvalue weighted by Gasteiger charge is 2.40. The number of rotatable bonds is 6. The van der Waals surface area contributed by atoms with Gasteiger partial charge in [0.25, 0.3) is 0 Å². The molecular formula is C26H37N3O4. The van der Waals surface area contributed by atoms with E-state index >= 15 is 0 Å². The molecule has 7 heteroatoms. The van der Waals surface area contributed by atoms with Gasteiger partial charge in [-0.3, -0.25) is 19.4 Å². The topological polar surface area (TPSA) is 70.2 Å². The largest absolute Gasteiger partial charge is 0.414 e. The average molecular weight is 456 g/mol. The predicted octanol–water partition coefficient (Wildman–Crippen LogP) is 3.81. The van der Waals surface area contributed by atoms with Gasteiger partial charge in [-0.05, 0) is 67.8 Å². The number of ether oxygens (including phenoxy) is 1. The fraction of sp³-hybridized carbons (Fsp3) is 0.654. The van der Waals surface area contributed by atoms with Crippen LogP contribution in [0.2, 0.25) is 0 Å². The number of benzene rings is 1. The molecule has 1 aromatic rings.